The monoisotopic (exact) mass is 340 g/mol. The molecule has 1 N–H and O–H groups in total. The fourth-order valence-electron chi connectivity index (χ4n) is 4.21. The van der Waals surface area contributed by atoms with Gasteiger partial charge in [0, 0.05) is 0 Å². The number of hydrogen-bond donors (Lipinski definition) is 1. The maximum absolute atomic E-state index is 12.3. The SMILES string of the molecule is CC(C)CC(CC(C)C)C(C)(OC(=O)CCC(=O)O)C1CCCC1. The van der Waals surface area contributed by atoms with Crippen molar-refractivity contribution in [1.82, 2.24) is 0 Å². The first-order valence-electron chi connectivity index (χ1n) is 9.58. The van der Waals surface area contributed by atoms with Gasteiger partial charge in [-0.25, -0.2) is 0 Å². The Labute approximate surface area is 147 Å². The smallest absolute Gasteiger partial charge is 0.306 e. The molecule has 0 aromatic heterocycles. The van der Waals surface area contributed by atoms with Crippen LogP contribution in [0.1, 0.15) is 86.0 Å². The Morgan fingerprint density at radius 1 is 1.04 bits per heavy atom. The van der Waals surface area contributed by atoms with Gasteiger partial charge in [0.25, 0.3) is 0 Å². The minimum absolute atomic E-state index is 0.0340. The van der Waals surface area contributed by atoms with Gasteiger partial charge in [0.2, 0.25) is 0 Å². The molecule has 1 aliphatic rings. The van der Waals surface area contributed by atoms with Crippen LogP contribution in [0.5, 0.6) is 0 Å². The van der Waals surface area contributed by atoms with Crippen LogP contribution in [0.15, 0.2) is 0 Å². The van der Waals surface area contributed by atoms with Gasteiger partial charge in [-0.3, -0.25) is 9.59 Å². The Balaban J connectivity index is 2.96. The van der Waals surface area contributed by atoms with E-state index in [4.69, 9.17) is 9.84 Å². The molecule has 0 saturated heterocycles. The number of ether oxygens (including phenoxy) is 1. The second kappa shape index (κ2) is 9.43. The van der Waals surface area contributed by atoms with Gasteiger partial charge >= 0.3 is 11.9 Å². The predicted octanol–water partition coefficient (Wildman–Crippen LogP) is 5.05. The van der Waals surface area contributed by atoms with Gasteiger partial charge in [-0.1, -0.05) is 40.5 Å². The number of aliphatic carboxylic acids is 1. The Morgan fingerprint density at radius 2 is 1.54 bits per heavy atom. The van der Waals surface area contributed by atoms with Gasteiger partial charge in [-0.15, -0.1) is 0 Å². The van der Waals surface area contributed by atoms with Crippen molar-refractivity contribution in [3.05, 3.63) is 0 Å². The lowest BCUT2D eigenvalue weighted by atomic mass is 9.70. The van der Waals surface area contributed by atoms with E-state index in [-0.39, 0.29) is 18.8 Å². The van der Waals surface area contributed by atoms with Crippen molar-refractivity contribution in [1.29, 1.82) is 0 Å². The summed E-state index contributed by atoms with van der Waals surface area (Å²) >= 11 is 0. The van der Waals surface area contributed by atoms with E-state index < -0.39 is 11.6 Å². The molecule has 1 fully saturated rings. The van der Waals surface area contributed by atoms with Gasteiger partial charge in [-0.2, -0.15) is 0 Å². The van der Waals surface area contributed by atoms with E-state index in [0.29, 0.717) is 23.7 Å². The van der Waals surface area contributed by atoms with Crippen LogP contribution in [0, 0.1) is 23.7 Å². The molecule has 1 aliphatic carbocycles. The van der Waals surface area contributed by atoms with Crippen LogP contribution in [0.4, 0.5) is 0 Å². The summed E-state index contributed by atoms with van der Waals surface area (Å²) in [5.41, 5.74) is -0.472. The molecule has 0 amide bonds. The first kappa shape index (κ1) is 21.0. The highest BCUT2D eigenvalue weighted by molar-refractivity contribution is 5.76. The highest BCUT2D eigenvalue weighted by atomic mass is 16.6. The average molecular weight is 341 g/mol. The molecule has 0 heterocycles. The zero-order chi connectivity index (χ0) is 18.3. The van der Waals surface area contributed by atoms with Crippen molar-refractivity contribution in [2.24, 2.45) is 23.7 Å². The largest absolute Gasteiger partial charge is 0.481 e. The lowest BCUT2D eigenvalue weighted by Crippen LogP contribution is -2.46. The highest BCUT2D eigenvalue weighted by Gasteiger charge is 2.45. The molecule has 0 aliphatic heterocycles. The molecule has 4 nitrogen and oxygen atoms in total. The molecular formula is C20H36O4. The fraction of sp³-hybridized carbons (Fsp3) is 0.900. The zero-order valence-electron chi connectivity index (χ0n) is 16.1. The van der Waals surface area contributed by atoms with E-state index in [1.807, 2.05) is 0 Å². The molecule has 4 heteroatoms. The van der Waals surface area contributed by atoms with Gasteiger partial charge < -0.3 is 9.84 Å². The third kappa shape index (κ3) is 6.45. The normalized spacial score (nSPS) is 18.3. The van der Waals surface area contributed by atoms with Crippen LogP contribution in [0.3, 0.4) is 0 Å². The molecule has 1 rings (SSSR count). The van der Waals surface area contributed by atoms with Crippen molar-refractivity contribution in [2.75, 3.05) is 0 Å². The second-order valence-corrected chi connectivity index (χ2v) is 8.49. The first-order valence-corrected chi connectivity index (χ1v) is 9.58. The maximum atomic E-state index is 12.3. The van der Waals surface area contributed by atoms with Crippen LogP contribution in [0.25, 0.3) is 0 Å². The predicted molar refractivity (Wildman–Crippen MR) is 95.7 cm³/mol. The Bertz CT molecular complexity index is 400. The summed E-state index contributed by atoms with van der Waals surface area (Å²) in [7, 11) is 0. The van der Waals surface area contributed by atoms with Crippen molar-refractivity contribution in [2.45, 2.75) is 91.6 Å². The van der Waals surface area contributed by atoms with Gasteiger partial charge in [0.05, 0.1) is 12.8 Å². The van der Waals surface area contributed by atoms with E-state index in [9.17, 15) is 9.59 Å². The quantitative estimate of drug-likeness (QED) is 0.565. The van der Waals surface area contributed by atoms with Crippen LogP contribution in [-0.2, 0) is 14.3 Å². The number of esters is 1. The Hall–Kier alpha value is -1.06. The highest BCUT2D eigenvalue weighted by Crippen LogP contribution is 2.45. The molecule has 0 aromatic carbocycles. The van der Waals surface area contributed by atoms with E-state index in [0.717, 1.165) is 25.7 Å². The van der Waals surface area contributed by atoms with Crippen molar-refractivity contribution in [3.8, 4) is 0 Å². The Morgan fingerprint density at radius 3 is 1.96 bits per heavy atom. The minimum atomic E-state index is -0.949. The summed E-state index contributed by atoms with van der Waals surface area (Å²) in [6.07, 6.45) is 6.50. The van der Waals surface area contributed by atoms with Crippen LogP contribution >= 0.6 is 0 Å². The van der Waals surface area contributed by atoms with Crippen LogP contribution < -0.4 is 0 Å². The molecule has 1 saturated carbocycles. The average Bonchev–Trinajstić information content (AvgIpc) is 2.98. The van der Waals surface area contributed by atoms with E-state index >= 15 is 0 Å². The molecule has 1 atom stereocenters. The standard InChI is InChI=1S/C20H36O4/c1-14(2)12-17(13-15(3)4)20(5,16-8-6-7-9-16)24-19(23)11-10-18(21)22/h14-17H,6-13H2,1-5H3,(H,21,22). The number of carbonyl (C=O) groups excluding carboxylic acids is 1. The van der Waals surface area contributed by atoms with E-state index in [1.165, 1.54) is 12.8 Å². The molecule has 0 spiro atoms. The van der Waals surface area contributed by atoms with Crippen LogP contribution in [0.2, 0.25) is 0 Å². The van der Waals surface area contributed by atoms with E-state index in [1.54, 1.807) is 0 Å². The lowest BCUT2D eigenvalue weighted by Gasteiger charge is -2.43. The summed E-state index contributed by atoms with van der Waals surface area (Å²) in [4.78, 5) is 23.1. The number of carbonyl (C=O) groups is 2. The van der Waals surface area contributed by atoms with Crippen molar-refractivity contribution < 1.29 is 19.4 Å². The summed E-state index contributed by atoms with van der Waals surface area (Å²) in [6, 6.07) is 0. The first-order chi connectivity index (χ1) is 11.1. The van der Waals surface area contributed by atoms with Crippen molar-refractivity contribution >= 4 is 11.9 Å². The third-order valence-corrected chi connectivity index (χ3v) is 5.36. The lowest BCUT2D eigenvalue weighted by molar-refractivity contribution is -0.175. The molecule has 1 unspecified atom stereocenters. The van der Waals surface area contributed by atoms with Crippen LogP contribution in [-0.4, -0.2) is 22.6 Å². The second-order valence-electron chi connectivity index (χ2n) is 8.49. The van der Waals surface area contributed by atoms with Gasteiger partial charge in [0.1, 0.15) is 5.60 Å². The summed E-state index contributed by atoms with van der Waals surface area (Å²) in [6.45, 7) is 11.0. The number of carboxylic acid groups (broad SMARTS) is 1. The summed E-state index contributed by atoms with van der Waals surface area (Å²) in [5, 5.41) is 8.81. The molecule has 140 valence electrons. The maximum Gasteiger partial charge on any atom is 0.306 e. The number of carboxylic acids is 1. The summed E-state index contributed by atoms with van der Waals surface area (Å²) < 4.78 is 6.03. The number of hydrogen-bond acceptors (Lipinski definition) is 3. The minimum Gasteiger partial charge on any atom is -0.481 e. The molecule has 24 heavy (non-hydrogen) atoms. The zero-order valence-corrected chi connectivity index (χ0v) is 16.1. The molecule has 0 radical (unpaired) electrons. The third-order valence-electron chi connectivity index (χ3n) is 5.36. The van der Waals surface area contributed by atoms with Crippen molar-refractivity contribution in [3.63, 3.8) is 0 Å². The topological polar surface area (TPSA) is 63.6 Å². The van der Waals surface area contributed by atoms with Gasteiger partial charge in [-0.05, 0) is 56.3 Å². The Kier molecular flexibility index (Phi) is 8.24. The number of rotatable bonds is 10. The van der Waals surface area contributed by atoms with E-state index in [2.05, 4.69) is 34.6 Å². The molecule has 0 bridgehead atoms. The molecule has 0 aromatic rings. The summed E-state index contributed by atoms with van der Waals surface area (Å²) in [5.74, 6) is 0.516. The fourth-order valence-corrected chi connectivity index (χ4v) is 4.21. The molecular weight excluding hydrogens is 304 g/mol. The van der Waals surface area contributed by atoms with Gasteiger partial charge in [0.15, 0.2) is 0 Å².